The summed E-state index contributed by atoms with van der Waals surface area (Å²) in [5, 5.41) is 0.557. The molecule has 0 rings (SSSR count). The molecule has 0 aromatic carbocycles. The molecule has 0 amide bonds. The molecule has 0 saturated carbocycles. The lowest BCUT2D eigenvalue weighted by Crippen LogP contribution is -2.19. The minimum Gasteiger partial charge on any atom is -0.176 e. The van der Waals surface area contributed by atoms with Gasteiger partial charge in [0.2, 0.25) is 0 Å². The van der Waals surface area contributed by atoms with Crippen LogP contribution in [0.3, 0.4) is 0 Å². The zero-order chi connectivity index (χ0) is 8.85. The van der Waals surface area contributed by atoms with E-state index in [0.717, 1.165) is 11.8 Å². The molecule has 0 N–H and O–H groups in total. The fraction of sp³-hybridized carbons (Fsp3) is 1.00. The van der Waals surface area contributed by atoms with Crippen molar-refractivity contribution in [2.45, 2.75) is 52.2 Å². The van der Waals surface area contributed by atoms with Gasteiger partial charge in [-0.3, -0.25) is 0 Å². The molecule has 0 radical (unpaired) electrons. The Kier molecular flexibility index (Phi) is 6.12. The second kappa shape index (κ2) is 5.93. The summed E-state index contributed by atoms with van der Waals surface area (Å²) < 4.78 is 0. The van der Waals surface area contributed by atoms with Crippen molar-refractivity contribution in [3.63, 3.8) is 0 Å². The van der Waals surface area contributed by atoms with Crippen LogP contribution in [0, 0.1) is 11.8 Å². The summed E-state index contributed by atoms with van der Waals surface area (Å²) in [5.74, 6) is 1.65. The van der Waals surface area contributed by atoms with Gasteiger partial charge in [0.15, 0.2) is 0 Å². The van der Waals surface area contributed by atoms with Gasteiger partial charge in [-0.05, 0) is 11.8 Å². The molecule has 0 aliphatic carbocycles. The summed E-state index contributed by atoms with van der Waals surface area (Å²) >= 11 is 4.51. The zero-order valence-corrected chi connectivity index (χ0v) is 9.20. The molecule has 0 spiro atoms. The molecule has 3 unspecified atom stereocenters. The van der Waals surface area contributed by atoms with Crippen LogP contribution >= 0.6 is 12.6 Å². The lowest BCUT2D eigenvalue weighted by Gasteiger charge is -2.25. The maximum Gasteiger partial charge on any atom is 0.00191 e. The van der Waals surface area contributed by atoms with Crippen molar-refractivity contribution >= 4 is 12.6 Å². The third-order valence-electron chi connectivity index (χ3n) is 2.57. The molecule has 1 heteroatoms. The highest BCUT2D eigenvalue weighted by atomic mass is 32.1. The highest BCUT2D eigenvalue weighted by Gasteiger charge is 2.18. The first-order valence-corrected chi connectivity index (χ1v) is 5.33. The maximum atomic E-state index is 4.51. The Morgan fingerprint density at radius 3 is 2.00 bits per heavy atom. The van der Waals surface area contributed by atoms with Crippen LogP contribution in [0.15, 0.2) is 0 Å². The van der Waals surface area contributed by atoms with E-state index >= 15 is 0 Å². The standard InChI is InChI=1S/C10H22S/c1-5-7-8(3)10(6-2)9(4)11/h8-11H,5-7H2,1-4H3. The van der Waals surface area contributed by atoms with E-state index in [4.69, 9.17) is 0 Å². The van der Waals surface area contributed by atoms with Gasteiger partial charge in [0.25, 0.3) is 0 Å². The summed E-state index contributed by atoms with van der Waals surface area (Å²) in [5.41, 5.74) is 0. The number of hydrogen-bond donors (Lipinski definition) is 1. The Bertz CT molecular complexity index is 88.9. The Morgan fingerprint density at radius 2 is 1.73 bits per heavy atom. The van der Waals surface area contributed by atoms with E-state index < -0.39 is 0 Å². The van der Waals surface area contributed by atoms with Gasteiger partial charge < -0.3 is 0 Å². The minimum absolute atomic E-state index is 0.557. The lowest BCUT2D eigenvalue weighted by molar-refractivity contribution is 0.325. The first-order chi connectivity index (χ1) is 5.13. The third-order valence-corrected chi connectivity index (χ3v) is 2.95. The van der Waals surface area contributed by atoms with Crippen LogP contribution in [0.5, 0.6) is 0 Å². The van der Waals surface area contributed by atoms with Gasteiger partial charge in [0.1, 0.15) is 0 Å². The zero-order valence-electron chi connectivity index (χ0n) is 8.30. The number of rotatable bonds is 5. The minimum atomic E-state index is 0.557. The topological polar surface area (TPSA) is 0 Å². The van der Waals surface area contributed by atoms with Gasteiger partial charge in [0.05, 0.1) is 0 Å². The summed E-state index contributed by atoms with van der Waals surface area (Å²) in [6.45, 7) is 9.09. The Balaban J connectivity index is 3.81. The third kappa shape index (κ3) is 4.05. The van der Waals surface area contributed by atoms with Crippen LogP contribution in [0.4, 0.5) is 0 Å². The van der Waals surface area contributed by atoms with Crippen molar-refractivity contribution in [3.8, 4) is 0 Å². The van der Waals surface area contributed by atoms with Crippen molar-refractivity contribution in [2.75, 3.05) is 0 Å². The lowest BCUT2D eigenvalue weighted by atomic mass is 9.86. The van der Waals surface area contributed by atoms with E-state index in [1.165, 1.54) is 19.3 Å². The fourth-order valence-electron chi connectivity index (χ4n) is 1.89. The average molecular weight is 174 g/mol. The largest absolute Gasteiger partial charge is 0.176 e. The van der Waals surface area contributed by atoms with Crippen molar-refractivity contribution in [2.24, 2.45) is 11.8 Å². The second-order valence-corrected chi connectivity index (χ2v) is 4.39. The molecule has 0 nitrogen and oxygen atoms in total. The Hall–Kier alpha value is 0.350. The summed E-state index contributed by atoms with van der Waals surface area (Å²) in [7, 11) is 0. The van der Waals surface area contributed by atoms with Crippen LogP contribution in [0.25, 0.3) is 0 Å². The number of thiol groups is 1. The molecule has 0 aliphatic heterocycles. The van der Waals surface area contributed by atoms with E-state index in [9.17, 15) is 0 Å². The van der Waals surface area contributed by atoms with E-state index in [2.05, 4.69) is 40.3 Å². The first-order valence-electron chi connectivity index (χ1n) is 4.81. The van der Waals surface area contributed by atoms with Crippen molar-refractivity contribution < 1.29 is 0 Å². The summed E-state index contributed by atoms with van der Waals surface area (Å²) in [4.78, 5) is 0. The average Bonchev–Trinajstić information content (AvgIpc) is 1.88. The van der Waals surface area contributed by atoms with Crippen LogP contribution in [-0.2, 0) is 0 Å². The van der Waals surface area contributed by atoms with Crippen molar-refractivity contribution in [1.29, 1.82) is 0 Å². The summed E-state index contributed by atoms with van der Waals surface area (Å²) in [6, 6.07) is 0. The molecule has 0 aromatic rings. The molecule has 0 aromatic heterocycles. The van der Waals surface area contributed by atoms with Crippen LogP contribution < -0.4 is 0 Å². The van der Waals surface area contributed by atoms with Gasteiger partial charge in [-0.15, -0.1) is 0 Å². The second-order valence-electron chi connectivity index (χ2n) is 3.58. The van der Waals surface area contributed by atoms with Crippen molar-refractivity contribution in [1.82, 2.24) is 0 Å². The summed E-state index contributed by atoms with van der Waals surface area (Å²) in [6.07, 6.45) is 3.92. The fourth-order valence-corrected chi connectivity index (χ4v) is 2.39. The normalized spacial score (nSPS) is 19.4. The van der Waals surface area contributed by atoms with Gasteiger partial charge in [0, 0.05) is 5.25 Å². The van der Waals surface area contributed by atoms with Crippen molar-refractivity contribution in [3.05, 3.63) is 0 Å². The molecule has 0 bridgehead atoms. The predicted octanol–water partition coefficient (Wildman–Crippen LogP) is 3.77. The van der Waals surface area contributed by atoms with Gasteiger partial charge in [-0.1, -0.05) is 47.0 Å². The molecule has 0 aliphatic rings. The first kappa shape index (κ1) is 11.4. The Labute approximate surface area is 77.2 Å². The molecule has 11 heavy (non-hydrogen) atoms. The van der Waals surface area contributed by atoms with E-state index in [0.29, 0.717) is 5.25 Å². The van der Waals surface area contributed by atoms with E-state index in [-0.39, 0.29) is 0 Å². The predicted molar refractivity (Wildman–Crippen MR) is 56.3 cm³/mol. The molecule has 0 saturated heterocycles. The Morgan fingerprint density at radius 1 is 1.18 bits per heavy atom. The van der Waals surface area contributed by atoms with Gasteiger partial charge >= 0.3 is 0 Å². The SMILES string of the molecule is CCCC(C)C(CC)C(C)S. The molecule has 0 heterocycles. The highest BCUT2D eigenvalue weighted by Crippen LogP contribution is 2.26. The molecular formula is C10H22S. The van der Waals surface area contributed by atoms with Crippen LogP contribution in [-0.4, -0.2) is 5.25 Å². The highest BCUT2D eigenvalue weighted by molar-refractivity contribution is 7.80. The van der Waals surface area contributed by atoms with E-state index in [1.807, 2.05) is 0 Å². The number of hydrogen-bond acceptors (Lipinski definition) is 1. The molecule has 3 atom stereocenters. The molecule has 68 valence electrons. The molecule has 0 fully saturated rings. The molecular weight excluding hydrogens is 152 g/mol. The quantitative estimate of drug-likeness (QED) is 0.603. The van der Waals surface area contributed by atoms with E-state index in [1.54, 1.807) is 0 Å². The maximum absolute atomic E-state index is 4.51. The monoisotopic (exact) mass is 174 g/mol. The smallest absolute Gasteiger partial charge is 0.00191 e. The van der Waals surface area contributed by atoms with Crippen LogP contribution in [0.1, 0.15) is 47.0 Å². The van der Waals surface area contributed by atoms with Gasteiger partial charge in [-0.2, -0.15) is 12.6 Å². The van der Waals surface area contributed by atoms with Crippen LogP contribution in [0.2, 0.25) is 0 Å². The van der Waals surface area contributed by atoms with Gasteiger partial charge in [-0.25, -0.2) is 0 Å².